The lowest BCUT2D eigenvalue weighted by Crippen LogP contribution is -2.34. The molecule has 1 aliphatic carbocycles. The molecule has 0 amide bonds. The minimum atomic E-state index is -0.105. The molecule has 0 aliphatic heterocycles. The predicted molar refractivity (Wildman–Crippen MR) is 79.4 cm³/mol. The van der Waals surface area contributed by atoms with Gasteiger partial charge in [0.25, 0.3) is 0 Å². The normalized spacial score (nSPS) is 16.8. The van der Waals surface area contributed by atoms with Crippen molar-refractivity contribution in [2.24, 2.45) is 0 Å². The first-order chi connectivity index (χ1) is 9.27. The van der Waals surface area contributed by atoms with E-state index in [0.29, 0.717) is 0 Å². The summed E-state index contributed by atoms with van der Waals surface area (Å²) in [7, 11) is 0. The number of hydrogen-bond donors (Lipinski definition) is 1. The Hall–Kier alpha value is -1.41. The molecule has 0 radical (unpaired) electrons. The van der Waals surface area contributed by atoms with Crippen molar-refractivity contribution >= 4 is 5.78 Å². The van der Waals surface area contributed by atoms with E-state index in [-0.39, 0.29) is 11.8 Å². The molecule has 102 valence electrons. The molecule has 19 heavy (non-hydrogen) atoms. The van der Waals surface area contributed by atoms with Gasteiger partial charge in [0.15, 0.2) is 5.78 Å². The van der Waals surface area contributed by atoms with Crippen LogP contribution in [0.5, 0.6) is 0 Å². The molecule has 0 bridgehead atoms. The number of benzene rings is 1. The summed E-state index contributed by atoms with van der Waals surface area (Å²) >= 11 is 0. The van der Waals surface area contributed by atoms with E-state index in [1.54, 1.807) is 5.57 Å². The molecule has 2 nitrogen and oxygen atoms in total. The molecule has 1 aliphatic rings. The topological polar surface area (TPSA) is 29.1 Å². The quantitative estimate of drug-likeness (QED) is 0.621. The SMILES string of the molecule is CC(NCCC1=CCCCC1)C(=O)c1ccccc1. The zero-order valence-corrected chi connectivity index (χ0v) is 11.7. The van der Waals surface area contributed by atoms with E-state index in [1.165, 1.54) is 25.7 Å². The number of nitrogens with one attached hydrogen (secondary N) is 1. The van der Waals surface area contributed by atoms with Crippen molar-refractivity contribution in [3.8, 4) is 0 Å². The van der Waals surface area contributed by atoms with Crippen molar-refractivity contribution in [2.45, 2.75) is 45.1 Å². The van der Waals surface area contributed by atoms with Crippen LogP contribution in [0.25, 0.3) is 0 Å². The van der Waals surface area contributed by atoms with Crippen molar-refractivity contribution < 1.29 is 4.79 Å². The van der Waals surface area contributed by atoms with E-state index in [1.807, 2.05) is 37.3 Å². The van der Waals surface area contributed by atoms with Crippen LogP contribution in [-0.4, -0.2) is 18.4 Å². The van der Waals surface area contributed by atoms with E-state index < -0.39 is 0 Å². The summed E-state index contributed by atoms with van der Waals surface area (Å²) in [6.07, 6.45) is 8.57. The number of allylic oxidation sites excluding steroid dienone is 1. The molecule has 1 atom stereocenters. The number of ketones is 1. The number of Topliss-reactive ketones (excluding diaryl/α,β-unsaturated/α-hetero) is 1. The monoisotopic (exact) mass is 257 g/mol. The van der Waals surface area contributed by atoms with Gasteiger partial charge < -0.3 is 5.32 Å². The van der Waals surface area contributed by atoms with Crippen molar-refractivity contribution in [1.29, 1.82) is 0 Å². The maximum Gasteiger partial charge on any atom is 0.179 e. The van der Waals surface area contributed by atoms with Gasteiger partial charge in [-0.05, 0) is 45.6 Å². The molecular weight excluding hydrogens is 234 g/mol. The van der Waals surface area contributed by atoms with Crippen molar-refractivity contribution in [3.63, 3.8) is 0 Å². The van der Waals surface area contributed by atoms with Crippen LogP contribution in [-0.2, 0) is 0 Å². The third-order valence-electron chi connectivity index (χ3n) is 3.73. The Morgan fingerprint density at radius 2 is 2.05 bits per heavy atom. The summed E-state index contributed by atoms with van der Waals surface area (Å²) in [4.78, 5) is 12.1. The highest BCUT2D eigenvalue weighted by Gasteiger charge is 2.14. The zero-order chi connectivity index (χ0) is 13.5. The third kappa shape index (κ3) is 4.32. The van der Waals surface area contributed by atoms with Crippen LogP contribution in [0.15, 0.2) is 42.0 Å². The summed E-state index contributed by atoms with van der Waals surface area (Å²) in [5.41, 5.74) is 2.34. The van der Waals surface area contributed by atoms with Gasteiger partial charge in [0, 0.05) is 5.56 Å². The highest BCUT2D eigenvalue weighted by atomic mass is 16.1. The summed E-state index contributed by atoms with van der Waals surface area (Å²) in [5, 5.41) is 3.34. The van der Waals surface area contributed by atoms with Gasteiger partial charge in [0.05, 0.1) is 6.04 Å². The van der Waals surface area contributed by atoms with Crippen molar-refractivity contribution in [1.82, 2.24) is 5.32 Å². The Labute approximate surface area is 115 Å². The number of hydrogen-bond acceptors (Lipinski definition) is 2. The highest BCUT2D eigenvalue weighted by Crippen LogP contribution is 2.19. The number of carbonyl (C=O) groups excluding carboxylic acids is 1. The average Bonchev–Trinajstić information content (AvgIpc) is 2.48. The van der Waals surface area contributed by atoms with Gasteiger partial charge in [-0.25, -0.2) is 0 Å². The molecule has 0 saturated heterocycles. The second-order valence-corrected chi connectivity index (χ2v) is 5.26. The molecule has 1 aromatic rings. The van der Waals surface area contributed by atoms with Crippen LogP contribution >= 0.6 is 0 Å². The largest absolute Gasteiger partial charge is 0.307 e. The lowest BCUT2D eigenvalue weighted by molar-refractivity contribution is 0.0951. The van der Waals surface area contributed by atoms with Crippen LogP contribution in [0, 0.1) is 0 Å². The zero-order valence-electron chi connectivity index (χ0n) is 11.7. The maximum atomic E-state index is 12.1. The van der Waals surface area contributed by atoms with Crippen LogP contribution in [0.3, 0.4) is 0 Å². The van der Waals surface area contributed by atoms with Crippen LogP contribution in [0.2, 0.25) is 0 Å². The Balaban J connectivity index is 1.76. The first-order valence-corrected chi connectivity index (χ1v) is 7.28. The van der Waals surface area contributed by atoms with E-state index >= 15 is 0 Å². The van der Waals surface area contributed by atoms with Gasteiger partial charge in [0.1, 0.15) is 0 Å². The lowest BCUT2D eigenvalue weighted by atomic mass is 9.97. The fraction of sp³-hybridized carbons (Fsp3) is 0.471. The molecule has 1 unspecified atom stereocenters. The Bertz CT molecular complexity index is 436. The highest BCUT2D eigenvalue weighted by molar-refractivity contribution is 5.99. The number of carbonyl (C=O) groups is 1. The smallest absolute Gasteiger partial charge is 0.179 e. The van der Waals surface area contributed by atoms with Crippen molar-refractivity contribution in [3.05, 3.63) is 47.5 Å². The average molecular weight is 257 g/mol. The fourth-order valence-electron chi connectivity index (χ4n) is 2.53. The second-order valence-electron chi connectivity index (χ2n) is 5.26. The van der Waals surface area contributed by atoms with Gasteiger partial charge >= 0.3 is 0 Å². The molecule has 0 saturated carbocycles. The molecule has 2 heteroatoms. The summed E-state index contributed by atoms with van der Waals surface area (Å²) < 4.78 is 0. The van der Waals surface area contributed by atoms with Crippen LogP contribution in [0.1, 0.15) is 49.4 Å². The van der Waals surface area contributed by atoms with Gasteiger partial charge in [-0.15, -0.1) is 0 Å². The van der Waals surface area contributed by atoms with Crippen LogP contribution < -0.4 is 5.32 Å². The standard InChI is InChI=1S/C17H23NO/c1-14(17(19)16-10-6-3-7-11-16)18-13-12-15-8-4-2-5-9-15/h3,6-8,10-11,14,18H,2,4-5,9,12-13H2,1H3. The predicted octanol–water partition coefficient (Wildman–Crippen LogP) is 3.74. The first-order valence-electron chi connectivity index (χ1n) is 7.28. The maximum absolute atomic E-state index is 12.1. The molecule has 0 spiro atoms. The fourth-order valence-corrected chi connectivity index (χ4v) is 2.53. The molecule has 2 rings (SSSR count). The summed E-state index contributed by atoms with van der Waals surface area (Å²) in [6.45, 7) is 2.84. The van der Waals surface area contributed by atoms with Crippen molar-refractivity contribution in [2.75, 3.05) is 6.54 Å². The van der Waals surface area contributed by atoms with Gasteiger partial charge in [-0.3, -0.25) is 4.79 Å². The van der Waals surface area contributed by atoms with Crippen LogP contribution in [0.4, 0.5) is 0 Å². The molecule has 1 N–H and O–H groups in total. The van der Waals surface area contributed by atoms with E-state index in [4.69, 9.17) is 0 Å². The summed E-state index contributed by atoms with van der Waals surface area (Å²) in [6, 6.07) is 9.41. The third-order valence-corrected chi connectivity index (χ3v) is 3.73. The first kappa shape index (κ1) is 14.0. The Morgan fingerprint density at radius 3 is 2.74 bits per heavy atom. The molecular formula is C17H23NO. The second kappa shape index (κ2) is 7.25. The van der Waals surface area contributed by atoms with Gasteiger partial charge in [0.2, 0.25) is 0 Å². The Kier molecular flexibility index (Phi) is 5.34. The van der Waals surface area contributed by atoms with E-state index in [0.717, 1.165) is 18.5 Å². The minimum Gasteiger partial charge on any atom is -0.307 e. The molecule has 0 fully saturated rings. The molecule has 0 heterocycles. The summed E-state index contributed by atoms with van der Waals surface area (Å²) in [5.74, 6) is 0.179. The van der Waals surface area contributed by atoms with Gasteiger partial charge in [-0.1, -0.05) is 42.0 Å². The number of rotatable bonds is 6. The van der Waals surface area contributed by atoms with E-state index in [9.17, 15) is 4.79 Å². The molecule has 0 aromatic heterocycles. The Morgan fingerprint density at radius 1 is 1.26 bits per heavy atom. The lowest BCUT2D eigenvalue weighted by Gasteiger charge is -2.16. The molecule has 1 aromatic carbocycles. The van der Waals surface area contributed by atoms with E-state index in [2.05, 4.69) is 11.4 Å². The minimum absolute atomic E-state index is 0.105. The van der Waals surface area contributed by atoms with Gasteiger partial charge in [-0.2, -0.15) is 0 Å².